The van der Waals surface area contributed by atoms with Crippen LogP contribution < -0.4 is 0 Å². The Morgan fingerprint density at radius 1 is 0.380 bits per heavy atom. The van der Waals surface area contributed by atoms with Gasteiger partial charge in [0.2, 0.25) is 0 Å². The van der Waals surface area contributed by atoms with Crippen LogP contribution in [-0.4, -0.2) is 0 Å². The fourth-order valence-corrected chi connectivity index (χ4v) is 10.2. The number of fused-ring (bicyclic) bond motifs is 10. The predicted molar refractivity (Wildman–Crippen MR) is 216 cm³/mol. The monoisotopic (exact) mass is 650 g/mol. The van der Waals surface area contributed by atoms with E-state index in [1.807, 2.05) is 11.3 Å². The molecule has 0 radical (unpaired) electrons. The highest BCUT2D eigenvalue weighted by Gasteiger charge is 2.22. The van der Waals surface area contributed by atoms with Gasteiger partial charge in [-0.2, -0.15) is 0 Å². The summed E-state index contributed by atoms with van der Waals surface area (Å²) in [5.41, 5.74) is 6.88. The largest absolute Gasteiger partial charge is 0.455 e. The molecule has 0 spiro atoms. The fraction of sp³-hybridized carbons (Fsp3) is 0. The molecule has 0 amide bonds. The van der Waals surface area contributed by atoms with Crippen molar-refractivity contribution in [2.45, 2.75) is 0 Å². The zero-order valence-corrected chi connectivity index (χ0v) is 27.6. The van der Waals surface area contributed by atoms with Crippen LogP contribution in [0.2, 0.25) is 0 Å². The second kappa shape index (κ2) is 9.69. The van der Waals surface area contributed by atoms with Crippen LogP contribution in [-0.2, 0) is 0 Å². The zero-order chi connectivity index (χ0) is 32.5. The molecule has 0 saturated carbocycles. The van der Waals surface area contributed by atoms with Crippen molar-refractivity contribution in [2.24, 2.45) is 0 Å². The van der Waals surface area contributed by atoms with Gasteiger partial charge in [0.1, 0.15) is 11.2 Å². The van der Waals surface area contributed by atoms with E-state index in [1.165, 1.54) is 96.1 Å². The van der Waals surface area contributed by atoms with Crippen LogP contribution in [0.15, 0.2) is 162 Å². The molecule has 2 heterocycles. The highest BCUT2D eigenvalue weighted by atomic mass is 32.1. The predicted octanol–water partition coefficient (Wildman–Crippen LogP) is 14.5. The molecule has 2 aromatic heterocycles. The smallest absolute Gasteiger partial charge is 0.143 e. The van der Waals surface area contributed by atoms with E-state index in [1.54, 1.807) is 0 Å². The third kappa shape index (κ3) is 3.41. The average Bonchev–Trinajstić information content (AvgIpc) is 3.75. The molecular formula is C48H26OS. The summed E-state index contributed by atoms with van der Waals surface area (Å²) < 4.78 is 9.59. The van der Waals surface area contributed by atoms with E-state index >= 15 is 0 Å². The maximum Gasteiger partial charge on any atom is 0.143 e. The van der Waals surface area contributed by atoms with Gasteiger partial charge < -0.3 is 4.42 Å². The minimum Gasteiger partial charge on any atom is -0.455 e. The van der Waals surface area contributed by atoms with Gasteiger partial charge in [-0.05, 0) is 78.0 Å². The van der Waals surface area contributed by atoms with E-state index < -0.39 is 0 Å². The molecule has 2 heteroatoms. The van der Waals surface area contributed by atoms with E-state index in [2.05, 4.69) is 158 Å². The lowest BCUT2D eigenvalue weighted by Crippen LogP contribution is -1.91. The number of hydrogen-bond acceptors (Lipinski definition) is 2. The summed E-state index contributed by atoms with van der Waals surface area (Å²) in [6, 6.07) is 58.1. The van der Waals surface area contributed by atoms with E-state index in [9.17, 15) is 0 Å². The first-order valence-corrected chi connectivity index (χ1v) is 18.0. The molecule has 0 aliphatic rings. The number of rotatable bonds is 2. The maximum absolute atomic E-state index is 6.93. The highest BCUT2D eigenvalue weighted by molar-refractivity contribution is 7.26. The molecule has 0 aliphatic carbocycles. The lowest BCUT2D eigenvalue weighted by Gasteiger charge is -2.18. The average molecular weight is 651 g/mol. The summed E-state index contributed by atoms with van der Waals surface area (Å²) in [5, 5.41) is 17.6. The van der Waals surface area contributed by atoms with Crippen molar-refractivity contribution < 1.29 is 4.42 Å². The Morgan fingerprint density at radius 3 is 1.70 bits per heavy atom. The van der Waals surface area contributed by atoms with Crippen molar-refractivity contribution >= 4 is 107 Å². The second-order valence-corrected chi connectivity index (χ2v) is 14.6. The van der Waals surface area contributed by atoms with Crippen molar-refractivity contribution in [1.29, 1.82) is 0 Å². The topological polar surface area (TPSA) is 13.1 Å². The quantitative estimate of drug-likeness (QED) is 0.134. The molecule has 10 aromatic carbocycles. The summed E-state index contributed by atoms with van der Waals surface area (Å²) in [4.78, 5) is 0. The van der Waals surface area contributed by atoms with Crippen molar-refractivity contribution in [3.63, 3.8) is 0 Å². The lowest BCUT2D eigenvalue weighted by atomic mass is 9.85. The molecule has 0 atom stereocenters. The molecule has 1 nitrogen and oxygen atoms in total. The van der Waals surface area contributed by atoms with Gasteiger partial charge in [0, 0.05) is 47.3 Å². The molecule has 12 rings (SSSR count). The van der Waals surface area contributed by atoms with E-state index in [0.717, 1.165) is 22.1 Å². The van der Waals surface area contributed by atoms with Crippen LogP contribution in [0, 0.1) is 0 Å². The van der Waals surface area contributed by atoms with Crippen molar-refractivity contribution in [1.82, 2.24) is 0 Å². The Balaban J connectivity index is 1.18. The molecule has 0 bridgehead atoms. The van der Waals surface area contributed by atoms with Crippen molar-refractivity contribution in [3.8, 4) is 22.3 Å². The summed E-state index contributed by atoms with van der Waals surface area (Å²) in [7, 11) is 0. The molecule has 0 unspecified atom stereocenters. The first kappa shape index (κ1) is 26.7. The standard InChI is InChI=1S/C48H26OS/c1-3-15-33-31(13-1)42(32-14-2-4-16-34(32)45(33)39-20-9-17-35-30-12-5-6-21-41(30)50-48(35)39)29-24-25-36-40(26-29)49-47-38-19-8-11-28-23-22-27-10-7-18-37(46(36)47)43(27)44(28)38/h1-26H. The lowest BCUT2D eigenvalue weighted by molar-refractivity contribution is 0.673. The molecule has 0 saturated heterocycles. The maximum atomic E-state index is 6.93. The Morgan fingerprint density at radius 2 is 0.960 bits per heavy atom. The molecule has 0 aliphatic heterocycles. The van der Waals surface area contributed by atoms with Crippen LogP contribution in [0.1, 0.15) is 0 Å². The first-order chi connectivity index (χ1) is 24.8. The van der Waals surface area contributed by atoms with Gasteiger partial charge in [-0.3, -0.25) is 0 Å². The Labute approximate surface area is 290 Å². The summed E-state index contributed by atoms with van der Waals surface area (Å²) in [6.45, 7) is 0. The first-order valence-electron chi connectivity index (χ1n) is 17.2. The van der Waals surface area contributed by atoms with Gasteiger partial charge in [-0.25, -0.2) is 0 Å². The minimum atomic E-state index is 0.918. The molecule has 0 fully saturated rings. The fourth-order valence-electron chi connectivity index (χ4n) is 8.94. The van der Waals surface area contributed by atoms with Crippen LogP contribution >= 0.6 is 11.3 Å². The zero-order valence-electron chi connectivity index (χ0n) is 26.8. The van der Waals surface area contributed by atoms with Gasteiger partial charge in [0.15, 0.2) is 0 Å². The Bertz CT molecular complexity index is 3320. The van der Waals surface area contributed by atoms with Crippen molar-refractivity contribution in [3.05, 3.63) is 158 Å². The summed E-state index contributed by atoms with van der Waals surface area (Å²) in [6.07, 6.45) is 0. The number of benzene rings is 10. The van der Waals surface area contributed by atoms with Crippen LogP contribution in [0.3, 0.4) is 0 Å². The third-order valence-electron chi connectivity index (χ3n) is 11.0. The second-order valence-electron chi connectivity index (χ2n) is 13.5. The molecule has 50 heavy (non-hydrogen) atoms. The number of hydrogen-bond donors (Lipinski definition) is 0. The highest BCUT2D eigenvalue weighted by Crippen LogP contribution is 2.49. The van der Waals surface area contributed by atoms with Crippen LogP contribution in [0.5, 0.6) is 0 Å². The molecule has 0 N–H and O–H groups in total. The number of furan rings is 1. The molecular weight excluding hydrogens is 625 g/mol. The van der Waals surface area contributed by atoms with Gasteiger partial charge in [0.05, 0.1) is 0 Å². The van der Waals surface area contributed by atoms with Crippen LogP contribution in [0.25, 0.3) is 118 Å². The van der Waals surface area contributed by atoms with Gasteiger partial charge >= 0.3 is 0 Å². The van der Waals surface area contributed by atoms with Crippen molar-refractivity contribution in [2.75, 3.05) is 0 Å². The van der Waals surface area contributed by atoms with Gasteiger partial charge in [-0.1, -0.05) is 140 Å². The SMILES string of the molecule is c1ccc2c(c1)sc1c(-c3c4ccccc4c(-c4ccc5c(c4)oc4c6cccc7ccc8cccc(c54)c8c76)c4ccccc34)cccc12. The van der Waals surface area contributed by atoms with E-state index in [0.29, 0.717) is 0 Å². The molecule has 230 valence electrons. The Hall–Kier alpha value is -6.22. The summed E-state index contributed by atoms with van der Waals surface area (Å²) in [5.74, 6) is 0. The summed E-state index contributed by atoms with van der Waals surface area (Å²) >= 11 is 1.89. The third-order valence-corrected chi connectivity index (χ3v) is 12.2. The van der Waals surface area contributed by atoms with Crippen LogP contribution in [0.4, 0.5) is 0 Å². The Kier molecular flexibility index (Phi) is 5.18. The van der Waals surface area contributed by atoms with Gasteiger partial charge in [0.25, 0.3) is 0 Å². The number of thiophene rings is 1. The molecule has 12 aromatic rings. The van der Waals surface area contributed by atoms with E-state index in [-0.39, 0.29) is 0 Å². The normalized spacial score (nSPS) is 12.4. The van der Waals surface area contributed by atoms with Gasteiger partial charge in [-0.15, -0.1) is 11.3 Å². The van der Waals surface area contributed by atoms with E-state index in [4.69, 9.17) is 4.42 Å². The minimum absolute atomic E-state index is 0.918.